The molecule has 0 saturated heterocycles. The minimum Gasteiger partial charge on any atom is -0.317 e. The second kappa shape index (κ2) is 8.29. The van der Waals surface area contributed by atoms with Crippen LogP contribution in [0.25, 0.3) is 5.57 Å². The number of allylic oxidation sites excluding steroid dienone is 2. The monoisotopic (exact) mass is 338 g/mol. The van der Waals surface area contributed by atoms with E-state index in [1.54, 1.807) is 0 Å². The molecule has 0 unspecified atom stereocenters. The van der Waals surface area contributed by atoms with Crippen molar-refractivity contribution >= 4 is 11.4 Å². The zero-order valence-corrected chi connectivity index (χ0v) is 14.7. The van der Waals surface area contributed by atoms with E-state index in [9.17, 15) is 4.79 Å². The Morgan fingerprint density at radius 2 is 1.45 bits per heavy atom. The van der Waals surface area contributed by atoms with Crippen molar-refractivity contribution in [3.05, 3.63) is 77.4 Å². The van der Waals surface area contributed by atoms with E-state index in [1.165, 1.54) is 18.1 Å². The van der Waals surface area contributed by atoms with Crippen LogP contribution < -0.4 is 0 Å². The molecule has 2 heteroatoms. The van der Waals surface area contributed by atoms with Crippen molar-refractivity contribution in [3.63, 3.8) is 0 Å². The Hall–Kier alpha value is -1.05. The van der Waals surface area contributed by atoms with E-state index in [4.69, 9.17) is 0 Å². The smallest absolute Gasteiger partial charge is 0.0639 e. The Balaban J connectivity index is 0.00000200. The summed E-state index contributed by atoms with van der Waals surface area (Å²) in [5, 5.41) is 0. The molecule has 0 N–H and O–H groups in total. The summed E-state index contributed by atoms with van der Waals surface area (Å²) in [5.41, 5.74) is 4.51. The maximum Gasteiger partial charge on any atom is 0.0639 e. The van der Waals surface area contributed by atoms with Crippen LogP contribution in [0.2, 0.25) is 0 Å². The van der Waals surface area contributed by atoms with Crippen molar-refractivity contribution in [1.82, 2.24) is 0 Å². The van der Waals surface area contributed by atoms with Gasteiger partial charge in [-0.25, -0.2) is 11.6 Å². The van der Waals surface area contributed by atoms with Gasteiger partial charge in [-0.1, -0.05) is 49.4 Å². The zero-order valence-electron chi connectivity index (χ0n) is 11.9. The summed E-state index contributed by atoms with van der Waals surface area (Å²) in [6.07, 6.45) is 3.74. The van der Waals surface area contributed by atoms with Crippen LogP contribution in [0.1, 0.15) is 30.5 Å². The van der Waals surface area contributed by atoms with Crippen LogP contribution in [-0.2, 0) is 43.9 Å². The van der Waals surface area contributed by atoms with Crippen molar-refractivity contribution in [1.29, 1.82) is 0 Å². The first-order valence-corrected chi connectivity index (χ1v) is 6.39. The van der Waals surface area contributed by atoms with Gasteiger partial charge in [-0.2, -0.15) is 5.56 Å². The van der Waals surface area contributed by atoms with E-state index < -0.39 is 0 Å². The first kappa shape index (κ1) is 17.0. The molecule has 20 heavy (non-hydrogen) atoms. The zero-order chi connectivity index (χ0) is 13.7. The first-order chi connectivity index (χ1) is 9.15. The third-order valence-corrected chi connectivity index (χ3v) is 3.00. The number of rotatable bonds is 4. The molecule has 0 atom stereocenters. The van der Waals surface area contributed by atoms with Gasteiger partial charge in [0.15, 0.2) is 0 Å². The standard InChI is InChI=1S/C18H17O.Y/c1-14(12-15(2)19)18-10-8-17(9-11-18)13-16-6-4-3-5-7-16;/h3-11H,13H2,1-2H3;/q-1;. The number of ketones is 1. The van der Waals surface area contributed by atoms with Crippen LogP contribution in [-0.4, -0.2) is 5.78 Å². The molecule has 0 spiro atoms. The van der Waals surface area contributed by atoms with Gasteiger partial charge in [0, 0.05) is 32.7 Å². The molecule has 0 fully saturated rings. The molecular weight excluding hydrogens is 321 g/mol. The van der Waals surface area contributed by atoms with Crippen molar-refractivity contribution in [3.8, 4) is 0 Å². The minimum absolute atomic E-state index is 0. The average Bonchev–Trinajstić information content (AvgIpc) is 2.40. The maximum atomic E-state index is 11.0. The van der Waals surface area contributed by atoms with Crippen molar-refractivity contribution < 1.29 is 37.5 Å². The van der Waals surface area contributed by atoms with Gasteiger partial charge < -0.3 is 4.79 Å². The molecule has 2 rings (SSSR count). The summed E-state index contributed by atoms with van der Waals surface area (Å²) in [5.74, 6) is -0.0362. The van der Waals surface area contributed by atoms with E-state index in [-0.39, 0.29) is 38.5 Å². The molecule has 2 aromatic carbocycles. The quantitative estimate of drug-likeness (QED) is 0.607. The molecule has 0 aliphatic carbocycles. The molecule has 0 bridgehead atoms. The van der Waals surface area contributed by atoms with Gasteiger partial charge in [0.05, 0.1) is 5.78 Å². The molecule has 0 heterocycles. The van der Waals surface area contributed by atoms with Crippen LogP contribution in [0.5, 0.6) is 0 Å². The van der Waals surface area contributed by atoms with Crippen LogP contribution >= 0.6 is 0 Å². The van der Waals surface area contributed by atoms with Gasteiger partial charge in [0.25, 0.3) is 0 Å². The third-order valence-electron chi connectivity index (χ3n) is 3.00. The van der Waals surface area contributed by atoms with Gasteiger partial charge in [0.2, 0.25) is 0 Å². The van der Waals surface area contributed by atoms with Gasteiger partial charge in [-0.15, -0.1) is 12.1 Å². The van der Waals surface area contributed by atoms with Crippen molar-refractivity contribution in [2.45, 2.75) is 20.3 Å². The van der Waals surface area contributed by atoms with Crippen LogP contribution in [0.3, 0.4) is 0 Å². The summed E-state index contributed by atoms with van der Waals surface area (Å²) in [6, 6.07) is 18.7. The van der Waals surface area contributed by atoms with E-state index in [0.29, 0.717) is 0 Å². The normalized spacial score (nSPS) is 10.8. The molecule has 0 aliphatic rings. The number of benzene rings is 2. The Kier molecular flexibility index (Phi) is 7.05. The van der Waals surface area contributed by atoms with Crippen molar-refractivity contribution in [2.75, 3.05) is 0 Å². The minimum atomic E-state index is -0.0362. The molecule has 0 saturated carbocycles. The van der Waals surface area contributed by atoms with Crippen LogP contribution in [0.15, 0.2) is 54.6 Å². The van der Waals surface area contributed by atoms with Gasteiger partial charge in [-0.05, 0) is 24.5 Å². The average molecular weight is 338 g/mol. The molecule has 2 aromatic rings. The summed E-state index contributed by atoms with van der Waals surface area (Å²) in [7, 11) is 0. The van der Waals surface area contributed by atoms with Crippen LogP contribution in [0, 0.1) is 6.08 Å². The van der Waals surface area contributed by atoms with Gasteiger partial charge in [0.1, 0.15) is 0 Å². The van der Waals surface area contributed by atoms with Gasteiger partial charge in [-0.3, -0.25) is 0 Å². The SMILES string of the molecule is CC(=O)[C-]=C(C)c1ccc(Cc2ccccc2)cc1.[Y]. The number of carbonyl (C=O) groups excluding carboxylic acids is 1. The molecule has 1 nitrogen and oxygen atoms in total. The third kappa shape index (κ3) is 5.15. The fourth-order valence-corrected chi connectivity index (χ4v) is 2.04. The summed E-state index contributed by atoms with van der Waals surface area (Å²) in [4.78, 5) is 11.0. The molecule has 0 aromatic heterocycles. The van der Waals surface area contributed by atoms with Gasteiger partial charge >= 0.3 is 0 Å². The van der Waals surface area contributed by atoms with Crippen molar-refractivity contribution in [2.24, 2.45) is 0 Å². The Bertz CT molecular complexity index is 583. The second-order valence-electron chi connectivity index (χ2n) is 4.67. The topological polar surface area (TPSA) is 17.1 Å². The maximum absolute atomic E-state index is 11.0. The first-order valence-electron chi connectivity index (χ1n) is 6.39. The second-order valence-corrected chi connectivity index (χ2v) is 4.67. The molecule has 1 radical (unpaired) electrons. The Labute approximate surface area is 146 Å². The number of carbonyl (C=O) groups is 1. The van der Waals surface area contributed by atoms with E-state index in [0.717, 1.165) is 17.6 Å². The van der Waals surface area contributed by atoms with E-state index in [2.05, 4.69) is 42.5 Å². The van der Waals surface area contributed by atoms with E-state index in [1.807, 2.05) is 25.1 Å². The molecular formula is C18H17OY-. The van der Waals surface area contributed by atoms with E-state index >= 15 is 0 Å². The Morgan fingerprint density at radius 1 is 0.900 bits per heavy atom. The fraction of sp³-hybridized carbons (Fsp3) is 0.167. The number of Topliss-reactive ketones (excluding diaryl/α,β-unsaturated/α-hetero) is 1. The number of hydrogen-bond acceptors (Lipinski definition) is 1. The van der Waals surface area contributed by atoms with Crippen LogP contribution in [0.4, 0.5) is 0 Å². The predicted octanol–water partition coefficient (Wildman–Crippen LogP) is 4.07. The molecule has 99 valence electrons. The predicted molar refractivity (Wildman–Crippen MR) is 78.7 cm³/mol. The Morgan fingerprint density at radius 3 is 2.00 bits per heavy atom. The summed E-state index contributed by atoms with van der Waals surface area (Å²) < 4.78 is 0. The summed E-state index contributed by atoms with van der Waals surface area (Å²) in [6.45, 7) is 3.43. The fourth-order valence-electron chi connectivity index (χ4n) is 2.04. The number of hydrogen-bond donors (Lipinski definition) is 0. The largest absolute Gasteiger partial charge is 0.317 e. The molecule has 0 aliphatic heterocycles. The summed E-state index contributed by atoms with van der Waals surface area (Å²) >= 11 is 0. The molecule has 0 amide bonds.